The number of amides is 2. The molecule has 0 heterocycles. The lowest BCUT2D eigenvalue weighted by Crippen LogP contribution is -2.53. The standard InChI is InChI=1S/C29H34FN3O4S/c1-4-17-31-29(35)27(19-23-12-6-5-7-13-23)32(20-24-14-8-9-16-26(24)30)28(34)21-33(38(3,36)37)25-15-10-11-22(2)18-25/h5-16,18,27H,4,17,19-21H2,1-3H3,(H,31,35)/t27-/m0/s1. The zero-order valence-electron chi connectivity index (χ0n) is 21.9. The maximum absolute atomic E-state index is 14.7. The average Bonchev–Trinajstić information content (AvgIpc) is 2.88. The molecule has 0 aliphatic rings. The SMILES string of the molecule is CCCNC(=O)[C@H](Cc1ccccc1)N(Cc1ccccc1F)C(=O)CN(c1cccc(C)c1)S(C)(=O)=O. The Hall–Kier alpha value is -3.72. The van der Waals surface area contributed by atoms with Gasteiger partial charge in [0.1, 0.15) is 18.4 Å². The van der Waals surface area contributed by atoms with E-state index in [1.807, 2.05) is 50.2 Å². The molecule has 2 amide bonds. The number of hydrogen-bond donors (Lipinski definition) is 1. The molecular formula is C29H34FN3O4S. The van der Waals surface area contributed by atoms with E-state index < -0.39 is 34.3 Å². The first-order valence-corrected chi connectivity index (χ1v) is 14.3. The van der Waals surface area contributed by atoms with Gasteiger partial charge in [0, 0.05) is 25.1 Å². The highest BCUT2D eigenvalue weighted by molar-refractivity contribution is 7.92. The number of carbonyl (C=O) groups excluding carboxylic acids is 2. The number of hydrogen-bond acceptors (Lipinski definition) is 4. The fraction of sp³-hybridized carbons (Fsp3) is 0.310. The largest absolute Gasteiger partial charge is 0.354 e. The molecule has 0 aliphatic carbocycles. The minimum atomic E-state index is -3.85. The quantitative estimate of drug-likeness (QED) is 0.376. The predicted molar refractivity (Wildman–Crippen MR) is 148 cm³/mol. The third-order valence-electron chi connectivity index (χ3n) is 6.09. The number of benzene rings is 3. The first kappa shape index (κ1) is 28.8. The number of sulfonamides is 1. The van der Waals surface area contributed by atoms with Crippen LogP contribution < -0.4 is 9.62 Å². The highest BCUT2D eigenvalue weighted by atomic mass is 32.2. The number of rotatable bonds is 12. The molecule has 1 atom stereocenters. The summed E-state index contributed by atoms with van der Waals surface area (Å²) in [6.07, 6.45) is 1.90. The summed E-state index contributed by atoms with van der Waals surface area (Å²) in [6.45, 7) is 3.41. The van der Waals surface area contributed by atoms with Gasteiger partial charge in [-0.05, 0) is 42.7 Å². The van der Waals surface area contributed by atoms with Crippen molar-refractivity contribution < 1.29 is 22.4 Å². The van der Waals surface area contributed by atoms with Gasteiger partial charge >= 0.3 is 0 Å². The molecule has 0 radical (unpaired) electrons. The van der Waals surface area contributed by atoms with Crippen LogP contribution in [0.3, 0.4) is 0 Å². The summed E-state index contributed by atoms with van der Waals surface area (Å²) in [5, 5.41) is 2.85. The third kappa shape index (κ3) is 7.89. The average molecular weight is 540 g/mol. The molecule has 0 saturated heterocycles. The molecule has 0 fully saturated rings. The minimum Gasteiger partial charge on any atom is -0.354 e. The van der Waals surface area contributed by atoms with Gasteiger partial charge in [-0.15, -0.1) is 0 Å². The van der Waals surface area contributed by atoms with Crippen molar-refractivity contribution in [2.24, 2.45) is 0 Å². The van der Waals surface area contributed by atoms with Gasteiger partial charge in [-0.3, -0.25) is 13.9 Å². The Kier molecular flexibility index (Phi) is 10.0. The van der Waals surface area contributed by atoms with E-state index in [0.29, 0.717) is 18.7 Å². The number of nitrogens with one attached hydrogen (secondary N) is 1. The first-order valence-electron chi connectivity index (χ1n) is 12.5. The van der Waals surface area contributed by atoms with Crippen LogP contribution in [0.2, 0.25) is 0 Å². The van der Waals surface area contributed by atoms with Crippen molar-refractivity contribution in [1.82, 2.24) is 10.2 Å². The van der Waals surface area contributed by atoms with E-state index in [1.165, 1.54) is 11.0 Å². The molecule has 202 valence electrons. The third-order valence-corrected chi connectivity index (χ3v) is 7.23. The Bertz CT molecular complexity index is 1350. The monoisotopic (exact) mass is 539 g/mol. The van der Waals surface area contributed by atoms with Gasteiger partial charge in [-0.25, -0.2) is 12.8 Å². The molecule has 38 heavy (non-hydrogen) atoms. The Morgan fingerprint density at radius 1 is 0.974 bits per heavy atom. The molecule has 0 aromatic heterocycles. The van der Waals surface area contributed by atoms with Gasteiger partial charge in [-0.1, -0.05) is 67.6 Å². The van der Waals surface area contributed by atoms with E-state index in [1.54, 1.807) is 36.4 Å². The molecular weight excluding hydrogens is 505 g/mol. The van der Waals surface area contributed by atoms with Crippen molar-refractivity contribution in [1.29, 1.82) is 0 Å². The number of carbonyl (C=O) groups is 2. The molecule has 1 N–H and O–H groups in total. The second-order valence-corrected chi connectivity index (χ2v) is 11.1. The summed E-state index contributed by atoms with van der Waals surface area (Å²) in [4.78, 5) is 28.6. The van der Waals surface area contributed by atoms with Crippen LogP contribution in [0.1, 0.15) is 30.0 Å². The zero-order chi connectivity index (χ0) is 27.7. The van der Waals surface area contributed by atoms with Gasteiger partial charge < -0.3 is 10.2 Å². The Morgan fingerprint density at radius 3 is 2.29 bits per heavy atom. The van der Waals surface area contributed by atoms with Crippen molar-refractivity contribution in [3.63, 3.8) is 0 Å². The minimum absolute atomic E-state index is 0.180. The lowest BCUT2D eigenvalue weighted by atomic mass is 10.0. The van der Waals surface area contributed by atoms with Crippen molar-refractivity contribution in [2.45, 2.75) is 39.3 Å². The Balaban J connectivity index is 2.05. The van der Waals surface area contributed by atoms with E-state index in [4.69, 9.17) is 0 Å². The fourth-order valence-electron chi connectivity index (χ4n) is 4.13. The maximum Gasteiger partial charge on any atom is 0.244 e. The molecule has 0 bridgehead atoms. The van der Waals surface area contributed by atoms with Gasteiger partial charge in [0.25, 0.3) is 0 Å². The van der Waals surface area contributed by atoms with E-state index in [0.717, 1.165) is 21.7 Å². The van der Waals surface area contributed by atoms with Crippen LogP contribution in [-0.2, 0) is 32.6 Å². The maximum atomic E-state index is 14.7. The topological polar surface area (TPSA) is 86.8 Å². The smallest absolute Gasteiger partial charge is 0.244 e. The Labute approximate surface area is 224 Å². The molecule has 3 rings (SSSR count). The highest BCUT2D eigenvalue weighted by Crippen LogP contribution is 2.22. The van der Waals surface area contributed by atoms with Gasteiger partial charge in [0.15, 0.2) is 0 Å². The highest BCUT2D eigenvalue weighted by Gasteiger charge is 2.33. The van der Waals surface area contributed by atoms with Gasteiger partial charge in [0.05, 0.1) is 11.9 Å². The Morgan fingerprint density at radius 2 is 1.66 bits per heavy atom. The van der Waals surface area contributed by atoms with E-state index >= 15 is 0 Å². The summed E-state index contributed by atoms with van der Waals surface area (Å²) in [6, 6.07) is 21.1. The van der Waals surface area contributed by atoms with E-state index in [2.05, 4.69) is 5.32 Å². The molecule has 0 spiro atoms. The van der Waals surface area contributed by atoms with Crippen molar-refractivity contribution in [3.8, 4) is 0 Å². The number of halogens is 1. The van der Waals surface area contributed by atoms with Crippen LogP contribution in [-0.4, -0.2) is 50.5 Å². The molecule has 0 saturated carbocycles. The molecule has 3 aromatic rings. The summed E-state index contributed by atoms with van der Waals surface area (Å²) >= 11 is 0. The summed E-state index contributed by atoms with van der Waals surface area (Å²) in [5.41, 5.74) is 2.20. The van der Waals surface area contributed by atoms with Crippen LogP contribution in [0, 0.1) is 12.7 Å². The molecule has 3 aromatic carbocycles. The van der Waals surface area contributed by atoms with Crippen LogP contribution in [0.5, 0.6) is 0 Å². The second-order valence-electron chi connectivity index (χ2n) is 9.22. The normalized spacial score (nSPS) is 12.0. The zero-order valence-corrected chi connectivity index (χ0v) is 22.7. The summed E-state index contributed by atoms with van der Waals surface area (Å²) in [7, 11) is -3.85. The molecule has 0 aliphatic heterocycles. The van der Waals surface area contributed by atoms with Gasteiger partial charge in [0.2, 0.25) is 21.8 Å². The van der Waals surface area contributed by atoms with Crippen molar-refractivity contribution >= 4 is 27.5 Å². The van der Waals surface area contributed by atoms with Crippen LogP contribution in [0.25, 0.3) is 0 Å². The number of anilines is 1. The number of aryl methyl sites for hydroxylation is 1. The summed E-state index contributed by atoms with van der Waals surface area (Å²) in [5.74, 6) is -1.52. The fourth-order valence-corrected chi connectivity index (χ4v) is 4.97. The lowest BCUT2D eigenvalue weighted by Gasteiger charge is -2.33. The van der Waals surface area contributed by atoms with Crippen molar-refractivity contribution in [2.75, 3.05) is 23.7 Å². The van der Waals surface area contributed by atoms with Crippen molar-refractivity contribution in [3.05, 3.63) is 101 Å². The molecule has 9 heteroatoms. The lowest BCUT2D eigenvalue weighted by molar-refractivity contribution is -0.140. The number of nitrogens with zero attached hydrogens (tertiary/aromatic N) is 2. The summed E-state index contributed by atoms with van der Waals surface area (Å²) < 4.78 is 41.3. The molecule has 7 nitrogen and oxygen atoms in total. The van der Waals surface area contributed by atoms with E-state index in [-0.39, 0.29) is 24.4 Å². The van der Waals surface area contributed by atoms with Crippen LogP contribution in [0.4, 0.5) is 10.1 Å². The van der Waals surface area contributed by atoms with Crippen LogP contribution >= 0.6 is 0 Å². The second kappa shape index (κ2) is 13.2. The van der Waals surface area contributed by atoms with Crippen LogP contribution in [0.15, 0.2) is 78.9 Å². The first-order chi connectivity index (χ1) is 18.1. The molecule has 0 unspecified atom stereocenters. The van der Waals surface area contributed by atoms with Gasteiger partial charge in [-0.2, -0.15) is 0 Å². The predicted octanol–water partition coefficient (Wildman–Crippen LogP) is 4.07. The van der Waals surface area contributed by atoms with E-state index in [9.17, 15) is 22.4 Å².